The molecule has 0 unspecified atom stereocenters. The van der Waals surface area contributed by atoms with Gasteiger partial charge in [0.2, 0.25) is 9.84 Å². The van der Waals surface area contributed by atoms with Crippen LogP contribution in [0.3, 0.4) is 0 Å². The summed E-state index contributed by atoms with van der Waals surface area (Å²) in [6.07, 6.45) is 0. The third-order valence-electron chi connectivity index (χ3n) is 4.30. The van der Waals surface area contributed by atoms with Gasteiger partial charge >= 0.3 is 0 Å². The van der Waals surface area contributed by atoms with E-state index in [4.69, 9.17) is 0 Å². The zero-order valence-corrected chi connectivity index (χ0v) is 16.0. The molecule has 0 fully saturated rings. The number of hydrogen-bond donors (Lipinski definition) is 1. The van der Waals surface area contributed by atoms with Crippen LogP contribution in [0.5, 0.6) is 0 Å². The van der Waals surface area contributed by atoms with Gasteiger partial charge in [0.25, 0.3) is 5.91 Å². The van der Waals surface area contributed by atoms with Crippen LogP contribution in [-0.4, -0.2) is 14.3 Å². The number of anilines is 1. The van der Waals surface area contributed by atoms with E-state index in [-0.39, 0.29) is 15.7 Å². The molecular formula is C22H21NO3S. The molecule has 0 aliphatic carbocycles. The molecule has 0 spiro atoms. The quantitative estimate of drug-likeness (QED) is 0.686. The second-order valence-electron chi connectivity index (χ2n) is 6.58. The minimum atomic E-state index is -3.66. The first-order chi connectivity index (χ1) is 12.9. The minimum Gasteiger partial charge on any atom is -0.322 e. The molecule has 0 aliphatic heterocycles. The number of sulfone groups is 1. The van der Waals surface area contributed by atoms with E-state index < -0.39 is 9.84 Å². The first-order valence-electron chi connectivity index (χ1n) is 8.69. The van der Waals surface area contributed by atoms with Crippen LogP contribution in [0.2, 0.25) is 0 Å². The topological polar surface area (TPSA) is 63.2 Å². The summed E-state index contributed by atoms with van der Waals surface area (Å²) in [5.41, 5.74) is 2.14. The summed E-state index contributed by atoms with van der Waals surface area (Å²) in [7, 11) is -3.66. The van der Waals surface area contributed by atoms with E-state index in [2.05, 4.69) is 19.2 Å². The van der Waals surface area contributed by atoms with E-state index in [9.17, 15) is 13.2 Å². The SMILES string of the molecule is CC(C)c1ccc(NC(=O)c2cccc(S(=O)(=O)c3ccccc3)c2)cc1. The van der Waals surface area contributed by atoms with Crippen molar-refractivity contribution in [2.45, 2.75) is 29.6 Å². The number of hydrogen-bond acceptors (Lipinski definition) is 3. The molecule has 0 heterocycles. The van der Waals surface area contributed by atoms with Crippen molar-refractivity contribution in [1.82, 2.24) is 0 Å². The van der Waals surface area contributed by atoms with Crippen molar-refractivity contribution in [2.24, 2.45) is 0 Å². The maximum Gasteiger partial charge on any atom is 0.255 e. The Bertz CT molecular complexity index is 1040. The Balaban J connectivity index is 1.84. The van der Waals surface area contributed by atoms with E-state index >= 15 is 0 Å². The van der Waals surface area contributed by atoms with Gasteiger partial charge in [-0.25, -0.2) is 8.42 Å². The highest BCUT2D eigenvalue weighted by atomic mass is 32.2. The van der Waals surface area contributed by atoms with Gasteiger partial charge < -0.3 is 5.32 Å². The third-order valence-corrected chi connectivity index (χ3v) is 6.06. The maximum atomic E-state index is 12.7. The molecule has 3 rings (SSSR count). The maximum absolute atomic E-state index is 12.7. The molecule has 1 N–H and O–H groups in total. The number of nitrogens with one attached hydrogen (secondary N) is 1. The van der Waals surface area contributed by atoms with Crippen molar-refractivity contribution in [1.29, 1.82) is 0 Å². The molecule has 3 aromatic carbocycles. The summed E-state index contributed by atoms with van der Waals surface area (Å²) >= 11 is 0. The molecule has 0 radical (unpaired) electrons. The number of carbonyl (C=O) groups excluding carboxylic acids is 1. The number of amides is 1. The van der Waals surface area contributed by atoms with Gasteiger partial charge in [-0.2, -0.15) is 0 Å². The molecule has 0 aliphatic rings. The Kier molecular flexibility index (Phi) is 5.42. The molecule has 4 nitrogen and oxygen atoms in total. The Hall–Kier alpha value is -2.92. The van der Waals surface area contributed by atoms with Crippen LogP contribution in [0.1, 0.15) is 35.7 Å². The molecule has 0 bridgehead atoms. The van der Waals surface area contributed by atoms with E-state index in [0.717, 1.165) is 0 Å². The van der Waals surface area contributed by atoms with Crippen LogP contribution in [0.15, 0.2) is 88.7 Å². The molecule has 0 aromatic heterocycles. The fourth-order valence-corrected chi connectivity index (χ4v) is 4.02. The summed E-state index contributed by atoms with van der Waals surface area (Å²) in [6.45, 7) is 4.21. The molecular weight excluding hydrogens is 358 g/mol. The lowest BCUT2D eigenvalue weighted by Crippen LogP contribution is -2.13. The smallest absolute Gasteiger partial charge is 0.255 e. The molecule has 0 saturated heterocycles. The van der Waals surface area contributed by atoms with Crippen LogP contribution in [-0.2, 0) is 9.84 Å². The van der Waals surface area contributed by atoms with E-state index in [1.54, 1.807) is 42.5 Å². The molecule has 1 amide bonds. The Morgan fingerprint density at radius 1 is 0.815 bits per heavy atom. The van der Waals surface area contributed by atoms with Crippen molar-refractivity contribution in [3.05, 3.63) is 90.0 Å². The highest BCUT2D eigenvalue weighted by Gasteiger charge is 2.18. The van der Waals surface area contributed by atoms with Crippen LogP contribution >= 0.6 is 0 Å². The average Bonchev–Trinajstić information content (AvgIpc) is 2.69. The van der Waals surface area contributed by atoms with Crippen molar-refractivity contribution in [3.8, 4) is 0 Å². The lowest BCUT2D eigenvalue weighted by atomic mass is 10.0. The fraction of sp³-hybridized carbons (Fsp3) is 0.136. The fourth-order valence-electron chi connectivity index (χ4n) is 2.69. The lowest BCUT2D eigenvalue weighted by Gasteiger charge is -2.10. The predicted octanol–water partition coefficient (Wildman–Crippen LogP) is 4.90. The van der Waals surface area contributed by atoms with Gasteiger partial charge in [-0.3, -0.25) is 4.79 Å². The van der Waals surface area contributed by atoms with E-state index in [0.29, 0.717) is 17.2 Å². The van der Waals surface area contributed by atoms with Gasteiger partial charge in [-0.1, -0.05) is 50.2 Å². The number of benzene rings is 3. The van der Waals surface area contributed by atoms with E-state index in [1.807, 2.05) is 24.3 Å². The van der Waals surface area contributed by atoms with Crippen molar-refractivity contribution >= 4 is 21.4 Å². The van der Waals surface area contributed by atoms with Gasteiger partial charge in [0, 0.05) is 11.3 Å². The lowest BCUT2D eigenvalue weighted by molar-refractivity contribution is 0.102. The Labute approximate surface area is 159 Å². The Morgan fingerprint density at radius 3 is 2.07 bits per heavy atom. The largest absolute Gasteiger partial charge is 0.322 e. The zero-order chi connectivity index (χ0) is 19.4. The minimum absolute atomic E-state index is 0.0940. The summed E-state index contributed by atoms with van der Waals surface area (Å²) in [4.78, 5) is 12.8. The second-order valence-corrected chi connectivity index (χ2v) is 8.52. The molecule has 0 atom stereocenters. The zero-order valence-electron chi connectivity index (χ0n) is 15.2. The summed E-state index contributed by atoms with van der Waals surface area (Å²) in [5.74, 6) is 0.0621. The summed E-state index contributed by atoms with van der Waals surface area (Å²) in [5, 5.41) is 2.81. The van der Waals surface area contributed by atoms with Crippen LogP contribution < -0.4 is 5.32 Å². The van der Waals surface area contributed by atoms with Gasteiger partial charge in [0.1, 0.15) is 0 Å². The molecule has 5 heteroatoms. The molecule has 27 heavy (non-hydrogen) atoms. The molecule has 3 aromatic rings. The molecule has 138 valence electrons. The van der Waals surface area contributed by atoms with Crippen LogP contribution in [0, 0.1) is 0 Å². The first-order valence-corrected chi connectivity index (χ1v) is 10.2. The predicted molar refractivity (Wildman–Crippen MR) is 107 cm³/mol. The van der Waals surface area contributed by atoms with Gasteiger partial charge in [-0.15, -0.1) is 0 Å². The number of rotatable bonds is 5. The average molecular weight is 379 g/mol. The van der Waals surface area contributed by atoms with E-state index in [1.165, 1.54) is 17.7 Å². The summed E-state index contributed by atoms with van der Waals surface area (Å²) < 4.78 is 25.5. The second kappa shape index (κ2) is 7.76. The Morgan fingerprint density at radius 2 is 1.44 bits per heavy atom. The normalized spacial score (nSPS) is 11.4. The standard InChI is InChI=1S/C22H21NO3S/c1-16(2)17-11-13-19(14-12-17)23-22(24)18-7-6-10-21(15-18)27(25,26)20-8-4-3-5-9-20/h3-16H,1-2H3,(H,23,24). The van der Waals surface area contributed by atoms with Crippen molar-refractivity contribution in [2.75, 3.05) is 5.32 Å². The van der Waals surface area contributed by atoms with Gasteiger partial charge in [0.15, 0.2) is 0 Å². The number of carbonyl (C=O) groups is 1. The molecule has 0 saturated carbocycles. The first kappa shape index (κ1) is 18.9. The highest BCUT2D eigenvalue weighted by Crippen LogP contribution is 2.22. The van der Waals surface area contributed by atoms with Crippen LogP contribution in [0.25, 0.3) is 0 Å². The van der Waals surface area contributed by atoms with Crippen LogP contribution in [0.4, 0.5) is 5.69 Å². The van der Waals surface area contributed by atoms with Crippen molar-refractivity contribution < 1.29 is 13.2 Å². The monoisotopic (exact) mass is 379 g/mol. The van der Waals surface area contributed by atoms with Gasteiger partial charge in [0.05, 0.1) is 9.79 Å². The summed E-state index contributed by atoms with van der Waals surface area (Å²) in [6, 6.07) is 21.9. The van der Waals surface area contributed by atoms with Crippen molar-refractivity contribution in [3.63, 3.8) is 0 Å². The third kappa shape index (κ3) is 4.26. The van der Waals surface area contributed by atoms with Gasteiger partial charge in [-0.05, 0) is 53.9 Å². The highest BCUT2D eigenvalue weighted by molar-refractivity contribution is 7.91.